The molecule has 0 bridgehead atoms. The van der Waals surface area contributed by atoms with Gasteiger partial charge in [0.2, 0.25) is 5.91 Å². The molecule has 1 aromatic heterocycles. The molecule has 3 heterocycles. The summed E-state index contributed by atoms with van der Waals surface area (Å²) in [5.41, 5.74) is 0.852. The lowest BCUT2D eigenvalue weighted by Gasteiger charge is -2.39. The van der Waals surface area contributed by atoms with Crippen LogP contribution in [0, 0.1) is 11.8 Å². The SMILES string of the molecule is CN=C(NCc1ccon1)N1CCN(CC(=O)N2CC(C)CC(C)C2)CC1.I. The van der Waals surface area contributed by atoms with E-state index in [1.54, 1.807) is 13.3 Å². The molecule has 2 atom stereocenters. The minimum atomic E-state index is 0. The lowest BCUT2D eigenvalue weighted by Crippen LogP contribution is -2.55. The molecule has 0 radical (unpaired) electrons. The van der Waals surface area contributed by atoms with Crippen LogP contribution in [0.25, 0.3) is 0 Å². The number of hydrogen-bond donors (Lipinski definition) is 1. The van der Waals surface area contributed by atoms with E-state index in [9.17, 15) is 4.79 Å². The topological polar surface area (TPSA) is 77.2 Å². The van der Waals surface area contributed by atoms with Crippen LogP contribution < -0.4 is 5.32 Å². The standard InChI is InChI=1S/C19H32N6O2.HI/c1-15-10-16(2)13-25(12-15)18(26)14-23-5-7-24(8-6-23)19(20-3)21-11-17-4-9-27-22-17;/h4,9,15-16H,5-8,10-14H2,1-3H3,(H,20,21);1H. The molecule has 2 aliphatic heterocycles. The number of amides is 1. The van der Waals surface area contributed by atoms with Crippen molar-refractivity contribution in [1.29, 1.82) is 0 Å². The van der Waals surface area contributed by atoms with E-state index in [4.69, 9.17) is 4.52 Å². The molecule has 158 valence electrons. The number of hydrogen-bond acceptors (Lipinski definition) is 5. The maximum Gasteiger partial charge on any atom is 0.236 e. The highest BCUT2D eigenvalue weighted by Crippen LogP contribution is 2.21. The molecule has 0 aliphatic carbocycles. The molecule has 0 aromatic carbocycles. The first-order chi connectivity index (χ1) is 13.0. The number of carbonyl (C=O) groups is 1. The summed E-state index contributed by atoms with van der Waals surface area (Å²) < 4.78 is 4.85. The third-order valence-corrected chi connectivity index (χ3v) is 5.38. The molecule has 1 aromatic rings. The highest BCUT2D eigenvalue weighted by atomic mass is 127. The Hall–Kier alpha value is -1.36. The van der Waals surface area contributed by atoms with E-state index in [1.807, 2.05) is 6.07 Å². The van der Waals surface area contributed by atoms with Crippen molar-refractivity contribution in [3.05, 3.63) is 18.0 Å². The van der Waals surface area contributed by atoms with Crippen LogP contribution in [-0.2, 0) is 11.3 Å². The minimum Gasteiger partial charge on any atom is -0.364 e. The summed E-state index contributed by atoms with van der Waals surface area (Å²) in [5.74, 6) is 2.35. The summed E-state index contributed by atoms with van der Waals surface area (Å²) in [6.45, 7) is 10.9. The van der Waals surface area contributed by atoms with Crippen LogP contribution in [0.5, 0.6) is 0 Å². The summed E-state index contributed by atoms with van der Waals surface area (Å²) in [6, 6.07) is 1.84. The number of piperidine rings is 1. The highest BCUT2D eigenvalue weighted by Gasteiger charge is 2.28. The second kappa shape index (κ2) is 11.0. The maximum atomic E-state index is 12.7. The molecule has 2 aliphatic rings. The normalized spacial score (nSPS) is 24.0. The lowest BCUT2D eigenvalue weighted by atomic mass is 9.92. The Morgan fingerprint density at radius 2 is 1.89 bits per heavy atom. The predicted octanol–water partition coefficient (Wildman–Crippen LogP) is 1.49. The van der Waals surface area contributed by atoms with Crippen molar-refractivity contribution in [2.45, 2.75) is 26.8 Å². The van der Waals surface area contributed by atoms with Crippen LogP contribution in [0.1, 0.15) is 26.0 Å². The minimum absolute atomic E-state index is 0. The number of nitrogens with zero attached hydrogens (tertiary/aromatic N) is 5. The molecule has 2 unspecified atom stereocenters. The molecule has 0 spiro atoms. The number of nitrogens with one attached hydrogen (secondary N) is 1. The van der Waals surface area contributed by atoms with Gasteiger partial charge in [-0.2, -0.15) is 0 Å². The zero-order valence-corrected chi connectivity index (χ0v) is 19.5. The van der Waals surface area contributed by atoms with Crippen LogP contribution in [0.2, 0.25) is 0 Å². The predicted molar refractivity (Wildman–Crippen MR) is 120 cm³/mol. The number of piperazine rings is 1. The summed E-state index contributed by atoms with van der Waals surface area (Å²) >= 11 is 0. The Morgan fingerprint density at radius 1 is 1.21 bits per heavy atom. The quantitative estimate of drug-likeness (QED) is 0.381. The van der Waals surface area contributed by atoms with E-state index in [1.165, 1.54) is 6.42 Å². The molecule has 1 N–H and O–H groups in total. The highest BCUT2D eigenvalue weighted by molar-refractivity contribution is 14.0. The monoisotopic (exact) mass is 504 g/mol. The fourth-order valence-corrected chi connectivity index (χ4v) is 4.11. The molecule has 0 saturated carbocycles. The number of likely N-dealkylation sites (tertiary alicyclic amines) is 1. The summed E-state index contributed by atoms with van der Waals surface area (Å²) in [7, 11) is 1.79. The van der Waals surface area contributed by atoms with Crippen LogP contribution in [0.3, 0.4) is 0 Å². The first-order valence-corrected chi connectivity index (χ1v) is 9.90. The third-order valence-electron chi connectivity index (χ3n) is 5.38. The first-order valence-electron chi connectivity index (χ1n) is 9.90. The van der Waals surface area contributed by atoms with E-state index in [0.29, 0.717) is 24.9 Å². The zero-order chi connectivity index (χ0) is 19.2. The van der Waals surface area contributed by atoms with Gasteiger partial charge in [0.25, 0.3) is 0 Å². The van der Waals surface area contributed by atoms with Gasteiger partial charge in [0.15, 0.2) is 5.96 Å². The third kappa shape index (κ3) is 6.33. The van der Waals surface area contributed by atoms with Crippen molar-refractivity contribution in [2.24, 2.45) is 16.8 Å². The van der Waals surface area contributed by atoms with Gasteiger partial charge < -0.3 is 19.6 Å². The van der Waals surface area contributed by atoms with Gasteiger partial charge in [-0.1, -0.05) is 19.0 Å². The first kappa shape index (κ1) is 22.9. The van der Waals surface area contributed by atoms with E-state index in [-0.39, 0.29) is 29.9 Å². The van der Waals surface area contributed by atoms with E-state index >= 15 is 0 Å². The second-order valence-electron chi connectivity index (χ2n) is 7.90. The Labute approximate surface area is 184 Å². The van der Waals surface area contributed by atoms with Crippen molar-refractivity contribution < 1.29 is 9.32 Å². The Balaban J connectivity index is 0.00000280. The molecule has 28 heavy (non-hydrogen) atoms. The molecule has 9 heteroatoms. The largest absolute Gasteiger partial charge is 0.364 e. The molecule has 2 saturated heterocycles. The van der Waals surface area contributed by atoms with Gasteiger partial charge in [0.1, 0.15) is 12.0 Å². The molecule has 1 amide bonds. The average molecular weight is 504 g/mol. The van der Waals surface area contributed by atoms with Crippen LogP contribution in [0.4, 0.5) is 0 Å². The second-order valence-corrected chi connectivity index (χ2v) is 7.90. The van der Waals surface area contributed by atoms with Gasteiger partial charge in [-0.15, -0.1) is 24.0 Å². The Bertz CT molecular complexity index is 620. The Kier molecular flexibility index (Phi) is 9.00. The van der Waals surface area contributed by atoms with Gasteiger partial charge in [-0.3, -0.25) is 14.7 Å². The fourth-order valence-electron chi connectivity index (χ4n) is 4.11. The summed E-state index contributed by atoms with van der Waals surface area (Å²) in [5, 5.41) is 7.22. The van der Waals surface area contributed by atoms with Crippen molar-refractivity contribution >= 4 is 35.8 Å². The Morgan fingerprint density at radius 3 is 2.46 bits per heavy atom. The van der Waals surface area contributed by atoms with Gasteiger partial charge in [-0.05, 0) is 18.3 Å². The van der Waals surface area contributed by atoms with E-state index in [2.05, 4.69) is 44.0 Å². The van der Waals surface area contributed by atoms with Gasteiger partial charge in [0.05, 0.1) is 13.1 Å². The van der Waals surface area contributed by atoms with Gasteiger partial charge in [0, 0.05) is 52.4 Å². The van der Waals surface area contributed by atoms with Gasteiger partial charge >= 0.3 is 0 Å². The average Bonchev–Trinajstić information content (AvgIpc) is 3.16. The molecule has 2 fully saturated rings. The number of halogens is 1. The molecule has 8 nitrogen and oxygen atoms in total. The molecule has 3 rings (SSSR count). The van der Waals surface area contributed by atoms with Crippen molar-refractivity contribution in [1.82, 2.24) is 25.2 Å². The van der Waals surface area contributed by atoms with E-state index in [0.717, 1.165) is 50.9 Å². The number of aromatic nitrogens is 1. The number of aliphatic imine (C=N–C) groups is 1. The van der Waals surface area contributed by atoms with Crippen LogP contribution >= 0.6 is 24.0 Å². The molecular weight excluding hydrogens is 471 g/mol. The number of carbonyl (C=O) groups excluding carboxylic acids is 1. The van der Waals surface area contributed by atoms with Crippen molar-refractivity contribution in [3.63, 3.8) is 0 Å². The van der Waals surface area contributed by atoms with Gasteiger partial charge in [-0.25, -0.2) is 0 Å². The van der Waals surface area contributed by atoms with Crippen molar-refractivity contribution in [2.75, 3.05) is 52.9 Å². The van der Waals surface area contributed by atoms with Crippen LogP contribution in [-0.4, -0.2) is 84.6 Å². The summed E-state index contributed by atoms with van der Waals surface area (Å²) in [4.78, 5) is 23.6. The smallest absolute Gasteiger partial charge is 0.236 e. The lowest BCUT2D eigenvalue weighted by molar-refractivity contribution is -0.135. The fraction of sp³-hybridized carbons (Fsp3) is 0.737. The summed E-state index contributed by atoms with van der Waals surface area (Å²) in [6.07, 6.45) is 2.79. The maximum absolute atomic E-state index is 12.7. The molecular formula is C19H33IN6O2. The van der Waals surface area contributed by atoms with Crippen molar-refractivity contribution in [3.8, 4) is 0 Å². The number of guanidine groups is 1. The van der Waals surface area contributed by atoms with E-state index < -0.39 is 0 Å². The zero-order valence-electron chi connectivity index (χ0n) is 17.1. The van der Waals surface area contributed by atoms with Crippen LogP contribution in [0.15, 0.2) is 21.8 Å². The number of rotatable bonds is 4.